The quantitative estimate of drug-likeness (QED) is 0.755. The normalized spacial score (nSPS) is 16.1. The third kappa shape index (κ3) is 3.62. The number of sulfonamides is 1. The van der Waals surface area contributed by atoms with Gasteiger partial charge in [-0.3, -0.25) is 14.5 Å². The Kier molecular flexibility index (Phi) is 4.63. The van der Waals surface area contributed by atoms with Crippen LogP contribution < -0.4 is 4.72 Å². The summed E-state index contributed by atoms with van der Waals surface area (Å²) >= 11 is 0. The number of aromatic nitrogens is 2. The van der Waals surface area contributed by atoms with Gasteiger partial charge in [0.25, 0.3) is 0 Å². The van der Waals surface area contributed by atoms with E-state index in [9.17, 15) is 18.0 Å². The molecule has 1 aliphatic rings. The standard InChI is InChI=1S/C15H18N4O4S/c20-14-5-3-6-15(21)18(14)8-9-24(22,23)17-11-12-10-16-19-7-2-1-4-13(12)19/h1-2,4,7,10,17H,3,5-6,8-9,11H2. The molecule has 1 saturated heterocycles. The van der Waals surface area contributed by atoms with E-state index in [0.29, 0.717) is 19.3 Å². The Morgan fingerprint density at radius 3 is 2.67 bits per heavy atom. The summed E-state index contributed by atoms with van der Waals surface area (Å²) in [5, 5.41) is 4.14. The molecule has 3 heterocycles. The van der Waals surface area contributed by atoms with E-state index in [1.165, 1.54) is 0 Å². The zero-order valence-electron chi connectivity index (χ0n) is 13.0. The lowest BCUT2D eigenvalue weighted by atomic mass is 10.1. The lowest BCUT2D eigenvalue weighted by Gasteiger charge is -2.24. The van der Waals surface area contributed by atoms with Crippen LogP contribution in [0, 0.1) is 0 Å². The van der Waals surface area contributed by atoms with Crippen molar-refractivity contribution in [3.63, 3.8) is 0 Å². The van der Waals surface area contributed by atoms with Crippen molar-refractivity contribution in [3.8, 4) is 0 Å². The predicted molar refractivity (Wildman–Crippen MR) is 86.4 cm³/mol. The molecule has 0 radical (unpaired) electrons. The molecule has 0 unspecified atom stereocenters. The van der Waals surface area contributed by atoms with E-state index in [0.717, 1.165) is 16.0 Å². The second kappa shape index (κ2) is 6.70. The molecule has 1 N–H and O–H groups in total. The molecule has 0 saturated carbocycles. The van der Waals surface area contributed by atoms with E-state index in [1.54, 1.807) is 16.9 Å². The van der Waals surface area contributed by atoms with Crippen LogP contribution in [0.3, 0.4) is 0 Å². The highest BCUT2D eigenvalue weighted by molar-refractivity contribution is 7.89. The number of carbonyl (C=O) groups excluding carboxylic acids is 2. The summed E-state index contributed by atoms with van der Waals surface area (Å²) in [6, 6.07) is 5.53. The maximum Gasteiger partial charge on any atom is 0.229 e. The fourth-order valence-corrected chi connectivity index (χ4v) is 3.59. The summed E-state index contributed by atoms with van der Waals surface area (Å²) in [7, 11) is -3.61. The topological polar surface area (TPSA) is 101 Å². The first-order valence-electron chi connectivity index (χ1n) is 7.68. The van der Waals surface area contributed by atoms with Gasteiger partial charge in [0.2, 0.25) is 21.8 Å². The predicted octanol–water partition coefficient (Wildman–Crippen LogP) is 0.293. The van der Waals surface area contributed by atoms with Gasteiger partial charge in [-0.25, -0.2) is 17.7 Å². The maximum absolute atomic E-state index is 12.1. The number of imide groups is 1. The van der Waals surface area contributed by atoms with Crippen molar-refractivity contribution in [1.82, 2.24) is 19.2 Å². The molecule has 3 rings (SSSR count). The summed E-state index contributed by atoms with van der Waals surface area (Å²) in [6.45, 7) is -0.000497. The average molecular weight is 350 g/mol. The smallest absolute Gasteiger partial charge is 0.229 e. The van der Waals surface area contributed by atoms with Crippen molar-refractivity contribution in [2.45, 2.75) is 25.8 Å². The SMILES string of the molecule is O=C1CCCC(=O)N1CCS(=O)(=O)NCc1cnn2ccccc12. The van der Waals surface area contributed by atoms with Gasteiger partial charge in [-0.05, 0) is 18.6 Å². The average Bonchev–Trinajstić information content (AvgIpc) is 2.96. The van der Waals surface area contributed by atoms with Crippen LogP contribution in [-0.2, 0) is 26.2 Å². The Morgan fingerprint density at radius 1 is 1.17 bits per heavy atom. The van der Waals surface area contributed by atoms with Gasteiger partial charge in [-0.2, -0.15) is 5.10 Å². The molecule has 0 bridgehead atoms. The Balaban J connectivity index is 1.60. The summed E-state index contributed by atoms with van der Waals surface area (Å²) in [5.74, 6) is -0.905. The number of piperidine rings is 1. The number of hydrogen-bond acceptors (Lipinski definition) is 5. The van der Waals surface area contributed by atoms with E-state index >= 15 is 0 Å². The molecule has 0 aliphatic carbocycles. The minimum atomic E-state index is -3.61. The van der Waals surface area contributed by atoms with E-state index in [2.05, 4.69) is 9.82 Å². The summed E-state index contributed by atoms with van der Waals surface area (Å²) in [4.78, 5) is 24.4. The summed E-state index contributed by atoms with van der Waals surface area (Å²) in [6.07, 6.45) is 4.51. The minimum Gasteiger partial charge on any atom is -0.282 e. The molecule has 0 atom stereocenters. The molecular weight excluding hydrogens is 332 g/mol. The number of nitrogens with zero attached hydrogens (tertiary/aromatic N) is 3. The third-order valence-electron chi connectivity index (χ3n) is 3.96. The molecule has 2 aromatic heterocycles. The zero-order chi connectivity index (χ0) is 17.2. The highest BCUT2D eigenvalue weighted by Gasteiger charge is 2.27. The highest BCUT2D eigenvalue weighted by Crippen LogP contribution is 2.13. The van der Waals surface area contributed by atoms with Crippen LogP contribution in [0.1, 0.15) is 24.8 Å². The zero-order valence-corrected chi connectivity index (χ0v) is 13.8. The number of amides is 2. The number of likely N-dealkylation sites (tertiary alicyclic amines) is 1. The van der Waals surface area contributed by atoms with E-state index in [-0.39, 0.29) is 30.7 Å². The monoisotopic (exact) mass is 350 g/mol. The van der Waals surface area contributed by atoms with Gasteiger partial charge in [-0.1, -0.05) is 6.07 Å². The van der Waals surface area contributed by atoms with Crippen LogP contribution in [0.2, 0.25) is 0 Å². The lowest BCUT2D eigenvalue weighted by Crippen LogP contribution is -2.43. The number of carbonyl (C=O) groups is 2. The van der Waals surface area contributed by atoms with Crippen LogP contribution in [0.25, 0.3) is 5.52 Å². The van der Waals surface area contributed by atoms with Gasteiger partial charge >= 0.3 is 0 Å². The van der Waals surface area contributed by atoms with Gasteiger partial charge in [-0.15, -0.1) is 0 Å². The molecule has 24 heavy (non-hydrogen) atoms. The Bertz CT molecular complexity index is 858. The van der Waals surface area contributed by atoms with Crippen molar-refractivity contribution in [2.24, 2.45) is 0 Å². The Hall–Kier alpha value is -2.26. The van der Waals surface area contributed by atoms with E-state index in [4.69, 9.17) is 0 Å². The first kappa shape index (κ1) is 16.6. The van der Waals surface area contributed by atoms with Crippen LogP contribution >= 0.6 is 0 Å². The first-order valence-corrected chi connectivity index (χ1v) is 9.33. The number of pyridine rings is 1. The van der Waals surface area contributed by atoms with Crippen molar-refractivity contribution in [1.29, 1.82) is 0 Å². The fraction of sp³-hybridized carbons (Fsp3) is 0.400. The van der Waals surface area contributed by atoms with Crippen LogP contribution in [0.4, 0.5) is 0 Å². The highest BCUT2D eigenvalue weighted by atomic mass is 32.2. The molecule has 0 spiro atoms. The molecule has 0 aromatic carbocycles. The van der Waals surface area contributed by atoms with Crippen molar-refractivity contribution >= 4 is 27.4 Å². The molecule has 2 amide bonds. The largest absolute Gasteiger partial charge is 0.282 e. The lowest BCUT2D eigenvalue weighted by molar-refractivity contribution is -0.147. The maximum atomic E-state index is 12.1. The van der Waals surface area contributed by atoms with Crippen molar-refractivity contribution in [3.05, 3.63) is 36.2 Å². The van der Waals surface area contributed by atoms with Crippen molar-refractivity contribution < 1.29 is 18.0 Å². The molecule has 1 aliphatic heterocycles. The molecular formula is C15H18N4O4S. The second-order valence-corrected chi connectivity index (χ2v) is 7.56. The fourth-order valence-electron chi connectivity index (χ4n) is 2.64. The minimum absolute atomic E-state index is 0.109. The van der Waals surface area contributed by atoms with Gasteiger partial charge in [0, 0.05) is 37.7 Å². The van der Waals surface area contributed by atoms with Crippen LogP contribution in [-0.4, -0.2) is 47.0 Å². The first-order chi connectivity index (χ1) is 11.5. The number of fused-ring (bicyclic) bond motifs is 1. The second-order valence-electron chi connectivity index (χ2n) is 5.63. The molecule has 1 fully saturated rings. The van der Waals surface area contributed by atoms with E-state index in [1.807, 2.05) is 18.2 Å². The third-order valence-corrected chi connectivity index (χ3v) is 5.26. The van der Waals surface area contributed by atoms with Crippen LogP contribution in [0.15, 0.2) is 30.6 Å². The van der Waals surface area contributed by atoms with Gasteiger partial charge in [0.15, 0.2) is 0 Å². The Labute approximate surface area is 139 Å². The molecule has 9 heteroatoms. The van der Waals surface area contributed by atoms with E-state index < -0.39 is 10.0 Å². The number of hydrogen-bond donors (Lipinski definition) is 1. The van der Waals surface area contributed by atoms with Crippen molar-refractivity contribution in [2.75, 3.05) is 12.3 Å². The Morgan fingerprint density at radius 2 is 1.92 bits per heavy atom. The summed E-state index contributed by atoms with van der Waals surface area (Å²) in [5.41, 5.74) is 1.57. The summed E-state index contributed by atoms with van der Waals surface area (Å²) < 4.78 is 28.4. The van der Waals surface area contributed by atoms with Crippen LogP contribution in [0.5, 0.6) is 0 Å². The van der Waals surface area contributed by atoms with Gasteiger partial charge in [0.1, 0.15) is 0 Å². The van der Waals surface area contributed by atoms with Gasteiger partial charge in [0.05, 0.1) is 17.5 Å². The molecule has 128 valence electrons. The number of nitrogens with one attached hydrogen (secondary N) is 1. The number of rotatable bonds is 6. The van der Waals surface area contributed by atoms with Gasteiger partial charge < -0.3 is 0 Å². The molecule has 2 aromatic rings. The molecule has 8 nitrogen and oxygen atoms in total.